The molecule has 7 heteroatoms. The molecule has 128 valence electrons. The van der Waals surface area contributed by atoms with Crippen molar-refractivity contribution in [3.05, 3.63) is 35.4 Å². The van der Waals surface area contributed by atoms with Crippen LogP contribution in [0.4, 0.5) is 13.6 Å². The van der Waals surface area contributed by atoms with Gasteiger partial charge in [0.15, 0.2) is 0 Å². The van der Waals surface area contributed by atoms with Crippen LogP contribution in [0.1, 0.15) is 32.8 Å². The number of carbonyl (C=O) groups excluding carboxylic acids is 2. The van der Waals surface area contributed by atoms with Crippen LogP contribution >= 0.6 is 0 Å². The van der Waals surface area contributed by atoms with Crippen molar-refractivity contribution in [1.29, 1.82) is 0 Å². The van der Waals surface area contributed by atoms with Gasteiger partial charge in [-0.15, -0.1) is 0 Å². The largest absolute Gasteiger partial charge is 0.352 e. The van der Waals surface area contributed by atoms with Gasteiger partial charge in [0.2, 0.25) is 5.91 Å². The Morgan fingerprint density at radius 1 is 1.22 bits per heavy atom. The molecule has 0 bridgehead atoms. The zero-order valence-corrected chi connectivity index (χ0v) is 13.8. The highest BCUT2D eigenvalue weighted by Crippen LogP contribution is 2.11. The second-order valence-electron chi connectivity index (χ2n) is 5.58. The van der Waals surface area contributed by atoms with Gasteiger partial charge in [-0.1, -0.05) is 13.0 Å². The first kappa shape index (κ1) is 18.9. The second-order valence-corrected chi connectivity index (χ2v) is 5.58. The van der Waals surface area contributed by atoms with Gasteiger partial charge in [-0.05, 0) is 26.3 Å². The molecule has 0 aliphatic carbocycles. The van der Waals surface area contributed by atoms with Crippen molar-refractivity contribution in [2.45, 2.75) is 45.8 Å². The summed E-state index contributed by atoms with van der Waals surface area (Å²) in [6.45, 7) is 5.36. The molecule has 1 aromatic carbocycles. The molecule has 0 fully saturated rings. The zero-order valence-electron chi connectivity index (χ0n) is 13.8. The van der Waals surface area contributed by atoms with Crippen LogP contribution in [0.25, 0.3) is 0 Å². The Kier molecular flexibility index (Phi) is 6.93. The topological polar surface area (TPSA) is 61.4 Å². The number of benzene rings is 1. The van der Waals surface area contributed by atoms with Crippen LogP contribution in [0.2, 0.25) is 0 Å². The molecule has 0 spiro atoms. The molecule has 0 heterocycles. The van der Waals surface area contributed by atoms with E-state index in [1.165, 1.54) is 18.0 Å². The number of amides is 3. The maximum absolute atomic E-state index is 13.6. The monoisotopic (exact) mass is 327 g/mol. The number of rotatable bonds is 6. The minimum Gasteiger partial charge on any atom is -0.352 e. The van der Waals surface area contributed by atoms with E-state index in [9.17, 15) is 18.4 Å². The van der Waals surface area contributed by atoms with Gasteiger partial charge < -0.3 is 15.5 Å². The van der Waals surface area contributed by atoms with Crippen LogP contribution in [0.5, 0.6) is 0 Å². The molecule has 3 amide bonds. The molecule has 1 aromatic rings. The maximum atomic E-state index is 13.6. The van der Waals surface area contributed by atoms with Gasteiger partial charge in [0.1, 0.15) is 17.7 Å². The van der Waals surface area contributed by atoms with Crippen LogP contribution in [0, 0.1) is 11.6 Å². The van der Waals surface area contributed by atoms with Crippen LogP contribution in [-0.2, 0) is 11.3 Å². The average Bonchev–Trinajstić information content (AvgIpc) is 2.49. The van der Waals surface area contributed by atoms with E-state index < -0.39 is 23.7 Å². The summed E-state index contributed by atoms with van der Waals surface area (Å²) in [7, 11) is 1.47. The van der Waals surface area contributed by atoms with Gasteiger partial charge >= 0.3 is 6.03 Å². The molecule has 0 radical (unpaired) electrons. The lowest BCUT2D eigenvalue weighted by Gasteiger charge is -2.22. The third-order valence-corrected chi connectivity index (χ3v) is 3.50. The van der Waals surface area contributed by atoms with Crippen molar-refractivity contribution in [3.8, 4) is 0 Å². The van der Waals surface area contributed by atoms with Crippen LogP contribution in [0.3, 0.4) is 0 Å². The number of halogens is 2. The summed E-state index contributed by atoms with van der Waals surface area (Å²) in [4.78, 5) is 25.1. The fraction of sp³-hybridized carbons (Fsp3) is 0.500. The fourth-order valence-corrected chi connectivity index (χ4v) is 1.81. The van der Waals surface area contributed by atoms with E-state index in [1.54, 1.807) is 6.92 Å². The number of nitrogens with one attached hydrogen (secondary N) is 2. The van der Waals surface area contributed by atoms with E-state index in [-0.39, 0.29) is 24.1 Å². The van der Waals surface area contributed by atoms with Crippen molar-refractivity contribution in [2.24, 2.45) is 0 Å². The lowest BCUT2D eigenvalue weighted by Crippen LogP contribution is -2.50. The van der Waals surface area contributed by atoms with E-state index in [0.717, 1.165) is 18.6 Å². The molecule has 2 atom stereocenters. The summed E-state index contributed by atoms with van der Waals surface area (Å²) >= 11 is 0. The number of nitrogens with zero attached hydrogens (tertiary/aromatic N) is 1. The summed E-state index contributed by atoms with van der Waals surface area (Å²) in [6, 6.07) is 1.98. The first-order valence-electron chi connectivity index (χ1n) is 7.50. The number of urea groups is 1. The standard InChI is InChI=1S/C16H23F2N3O2/c1-5-10(2)19-15(22)11(3)20-16(23)21(4)9-12-6-7-13(17)8-14(12)18/h6-8,10-11H,5,9H2,1-4H3,(H,19,22)(H,20,23)/t10-,11+/m0/s1. The lowest BCUT2D eigenvalue weighted by atomic mass is 10.2. The number of carbonyl (C=O) groups is 2. The van der Waals surface area contributed by atoms with E-state index in [4.69, 9.17) is 0 Å². The van der Waals surface area contributed by atoms with Crippen LogP contribution < -0.4 is 10.6 Å². The predicted molar refractivity (Wildman–Crippen MR) is 83.7 cm³/mol. The molecule has 5 nitrogen and oxygen atoms in total. The average molecular weight is 327 g/mol. The minimum atomic E-state index is -0.716. The van der Waals surface area contributed by atoms with Crippen molar-refractivity contribution in [2.75, 3.05) is 7.05 Å². The Morgan fingerprint density at radius 3 is 2.43 bits per heavy atom. The molecule has 0 saturated heterocycles. The highest BCUT2D eigenvalue weighted by Gasteiger charge is 2.19. The highest BCUT2D eigenvalue weighted by atomic mass is 19.1. The predicted octanol–water partition coefficient (Wildman–Crippen LogP) is 2.41. The molecule has 0 saturated carbocycles. The molecule has 0 aromatic heterocycles. The quantitative estimate of drug-likeness (QED) is 0.843. The first-order valence-corrected chi connectivity index (χ1v) is 7.50. The van der Waals surface area contributed by atoms with E-state index in [0.29, 0.717) is 0 Å². The third kappa shape index (κ3) is 5.84. The second kappa shape index (κ2) is 8.45. The normalized spacial score (nSPS) is 13.1. The molecule has 2 N–H and O–H groups in total. The fourth-order valence-electron chi connectivity index (χ4n) is 1.81. The van der Waals surface area contributed by atoms with Gasteiger partial charge in [0.05, 0.1) is 0 Å². The summed E-state index contributed by atoms with van der Waals surface area (Å²) in [5.41, 5.74) is 0.195. The summed E-state index contributed by atoms with van der Waals surface area (Å²) in [6.07, 6.45) is 0.788. The Morgan fingerprint density at radius 2 is 1.87 bits per heavy atom. The van der Waals surface area contributed by atoms with Crippen molar-refractivity contribution >= 4 is 11.9 Å². The Labute approximate surface area is 135 Å². The summed E-state index contributed by atoms with van der Waals surface area (Å²) in [5.74, 6) is -1.67. The molecule has 23 heavy (non-hydrogen) atoms. The van der Waals surface area contributed by atoms with Gasteiger partial charge in [0.25, 0.3) is 0 Å². The summed E-state index contributed by atoms with van der Waals surface area (Å²) in [5, 5.41) is 5.30. The maximum Gasteiger partial charge on any atom is 0.318 e. The number of hydrogen-bond acceptors (Lipinski definition) is 2. The Hall–Kier alpha value is -2.18. The molecule has 1 rings (SSSR count). The SMILES string of the molecule is CC[C@H](C)NC(=O)[C@@H](C)NC(=O)N(C)Cc1ccc(F)cc1F. The van der Waals surface area contributed by atoms with Gasteiger partial charge in [-0.2, -0.15) is 0 Å². The smallest absolute Gasteiger partial charge is 0.318 e. The van der Waals surface area contributed by atoms with Gasteiger partial charge in [-0.25, -0.2) is 13.6 Å². The molecular weight excluding hydrogens is 304 g/mol. The molecule has 0 unspecified atom stereocenters. The molecule has 0 aliphatic rings. The van der Waals surface area contributed by atoms with Crippen molar-refractivity contribution < 1.29 is 18.4 Å². The molecule has 0 aliphatic heterocycles. The van der Waals surface area contributed by atoms with E-state index in [1.807, 2.05) is 13.8 Å². The Bertz CT molecular complexity index is 566. The third-order valence-electron chi connectivity index (χ3n) is 3.50. The first-order chi connectivity index (χ1) is 10.7. The van der Waals surface area contributed by atoms with Gasteiger partial charge in [-0.3, -0.25) is 4.79 Å². The van der Waals surface area contributed by atoms with Crippen molar-refractivity contribution in [3.63, 3.8) is 0 Å². The zero-order chi connectivity index (χ0) is 17.6. The van der Waals surface area contributed by atoms with E-state index >= 15 is 0 Å². The Balaban J connectivity index is 2.58. The molecular formula is C16H23F2N3O2. The lowest BCUT2D eigenvalue weighted by molar-refractivity contribution is -0.123. The van der Waals surface area contributed by atoms with Crippen LogP contribution in [-0.4, -0.2) is 36.0 Å². The highest BCUT2D eigenvalue weighted by molar-refractivity contribution is 5.86. The van der Waals surface area contributed by atoms with Crippen molar-refractivity contribution in [1.82, 2.24) is 15.5 Å². The van der Waals surface area contributed by atoms with Gasteiger partial charge in [0, 0.05) is 31.3 Å². The van der Waals surface area contributed by atoms with E-state index in [2.05, 4.69) is 10.6 Å². The van der Waals surface area contributed by atoms with Crippen LogP contribution in [0.15, 0.2) is 18.2 Å². The number of hydrogen-bond donors (Lipinski definition) is 2. The summed E-state index contributed by atoms with van der Waals surface area (Å²) < 4.78 is 26.4. The minimum absolute atomic E-state index is 0.0212.